The minimum absolute atomic E-state index is 0.201. The molecule has 1 heterocycles. The van der Waals surface area contributed by atoms with E-state index in [1.54, 1.807) is 0 Å². The third kappa shape index (κ3) is 1.72. The van der Waals surface area contributed by atoms with Gasteiger partial charge < -0.3 is 5.11 Å². The van der Waals surface area contributed by atoms with E-state index in [1.165, 1.54) is 19.3 Å². The van der Waals surface area contributed by atoms with Gasteiger partial charge in [-0.2, -0.15) is 0 Å². The molecule has 3 atom stereocenters. The van der Waals surface area contributed by atoms with Crippen LogP contribution in [0.2, 0.25) is 0 Å². The standard InChI is InChI=1S/C10H18FNO/c11-3-4-12-9-2-1-8(5-9)6-10(12)7-13/h8-10,13H,1-7H2. The zero-order valence-electron chi connectivity index (χ0n) is 7.95. The molecule has 3 unspecified atom stereocenters. The van der Waals surface area contributed by atoms with Crippen LogP contribution in [0.5, 0.6) is 0 Å². The van der Waals surface area contributed by atoms with E-state index in [2.05, 4.69) is 4.90 Å². The van der Waals surface area contributed by atoms with Crippen LogP contribution in [-0.4, -0.2) is 41.9 Å². The fourth-order valence-corrected chi connectivity index (χ4v) is 3.02. The van der Waals surface area contributed by atoms with E-state index >= 15 is 0 Å². The Morgan fingerprint density at radius 2 is 2.15 bits per heavy atom. The Morgan fingerprint density at radius 3 is 2.85 bits per heavy atom. The second kappa shape index (κ2) is 3.93. The van der Waals surface area contributed by atoms with E-state index in [9.17, 15) is 9.50 Å². The SMILES string of the molecule is OCC1CC2CCC(C2)N1CCF. The summed E-state index contributed by atoms with van der Waals surface area (Å²) < 4.78 is 12.3. The Balaban J connectivity index is 2.01. The second-order valence-corrected chi connectivity index (χ2v) is 4.33. The van der Waals surface area contributed by atoms with Crippen LogP contribution in [-0.2, 0) is 0 Å². The number of rotatable bonds is 3. The predicted molar refractivity (Wildman–Crippen MR) is 49.3 cm³/mol. The van der Waals surface area contributed by atoms with E-state index in [0.29, 0.717) is 12.6 Å². The summed E-state index contributed by atoms with van der Waals surface area (Å²) in [5.41, 5.74) is 0. The fourth-order valence-electron chi connectivity index (χ4n) is 3.02. The lowest BCUT2D eigenvalue weighted by molar-refractivity contribution is 0.0429. The molecule has 1 N–H and O–H groups in total. The average molecular weight is 187 g/mol. The Bertz CT molecular complexity index is 176. The van der Waals surface area contributed by atoms with E-state index in [4.69, 9.17) is 0 Å². The van der Waals surface area contributed by atoms with Gasteiger partial charge in [-0.25, -0.2) is 4.39 Å². The Morgan fingerprint density at radius 1 is 1.31 bits per heavy atom. The molecular formula is C10H18FNO. The van der Waals surface area contributed by atoms with Crippen LogP contribution in [0.25, 0.3) is 0 Å². The van der Waals surface area contributed by atoms with Crippen molar-refractivity contribution in [2.75, 3.05) is 19.8 Å². The molecule has 0 aromatic heterocycles. The smallest absolute Gasteiger partial charge is 0.102 e. The zero-order valence-corrected chi connectivity index (χ0v) is 7.95. The number of hydrogen-bond donors (Lipinski definition) is 1. The number of piperidine rings is 1. The molecule has 0 amide bonds. The monoisotopic (exact) mass is 187 g/mol. The molecule has 2 bridgehead atoms. The summed E-state index contributed by atoms with van der Waals surface area (Å²) in [4.78, 5) is 2.18. The van der Waals surface area contributed by atoms with Gasteiger partial charge in [0.05, 0.1) is 6.61 Å². The molecule has 2 aliphatic rings. The highest BCUT2D eigenvalue weighted by molar-refractivity contribution is 4.93. The number of aliphatic hydroxyl groups is 1. The lowest BCUT2D eigenvalue weighted by Gasteiger charge is -2.39. The van der Waals surface area contributed by atoms with Crippen molar-refractivity contribution in [1.29, 1.82) is 0 Å². The molecule has 76 valence electrons. The Kier molecular flexibility index (Phi) is 2.84. The third-order valence-corrected chi connectivity index (χ3v) is 3.61. The number of halogens is 1. The van der Waals surface area contributed by atoms with Crippen molar-refractivity contribution >= 4 is 0 Å². The highest BCUT2D eigenvalue weighted by atomic mass is 19.1. The summed E-state index contributed by atoms with van der Waals surface area (Å²) in [5, 5.41) is 9.19. The molecule has 2 rings (SSSR count). The maximum atomic E-state index is 12.3. The van der Waals surface area contributed by atoms with Crippen molar-refractivity contribution < 1.29 is 9.50 Å². The molecule has 1 aliphatic carbocycles. The molecule has 0 spiro atoms. The molecule has 2 nitrogen and oxygen atoms in total. The lowest BCUT2D eigenvalue weighted by Crippen LogP contribution is -2.48. The van der Waals surface area contributed by atoms with Crippen LogP contribution < -0.4 is 0 Å². The summed E-state index contributed by atoms with van der Waals surface area (Å²) in [6.07, 6.45) is 4.80. The molecule has 2 fully saturated rings. The van der Waals surface area contributed by atoms with Crippen molar-refractivity contribution in [3.05, 3.63) is 0 Å². The molecule has 3 heteroatoms. The molecule has 0 aromatic rings. The number of fused-ring (bicyclic) bond motifs is 2. The second-order valence-electron chi connectivity index (χ2n) is 4.33. The van der Waals surface area contributed by atoms with E-state index in [1.807, 2.05) is 0 Å². The molecule has 1 aliphatic heterocycles. The van der Waals surface area contributed by atoms with Crippen molar-refractivity contribution in [3.63, 3.8) is 0 Å². The van der Waals surface area contributed by atoms with Gasteiger partial charge in [0, 0.05) is 18.6 Å². The first-order valence-electron chi connectivity index (χ1n) is 5.27. The lowest BCUT2D eigenvalue weighted by atomic mass is 9.93. The topological polar surface area (TPSA) is 23.5 Å². The largest absolute Gasteiger partial charge is 0.395 e. The Labute approximate surface area is 78.7 Å². The molecule has 0 radical (unpaired) electrons. The van der Waals surface area contributed by atoms with Gasteiger partial charge in [-0.1, -0.05) is 0 Å². The van der Waals surface area contributed by atoms with Crippen molar-refractivity contribution in [3.8, 4) is 0 Å². The van der Waals surface area contributed by atoms with E-state index in [0.717, 1.165) is 12.3 Å². The highest BCUT2D eigenvalue weighted by Crippen LogP contribution is 2.39. The van der Waals surface area contributed by atoms with Crippen molar-refractivity contribution in [2.45, 2.75) is 37.8 Å². The Hall–Kier alpha value is -0.150. The highest BCUT2D eigenvalue weighted by Gasteiger charge is 2.39. The molecule has 0 aromatic carbocycles. The number of nitrogens with zero attached hydrogens (tertiary/aromatic N) is 1. The number of alkyl halides is 1. The van der Waals surface area contributed by atoms with Gasteiger partial charge in [-0.05, 0) is 31.6 Å². The van der Waals surface area contributed by atoms with Gasteiger partial charge in [-0.15, -0.1) is 0 Å². The van der Waals surface area contributed by atoms with Gasteiger partial charge in [-0.3, -0.25) is 4.90 Å². The van der Waals surface area contributed by atoms with Gasteiger partial charge in [0.25, 0.3) is 0 Å². The van der Waals surface area contributed by atoms with E-state index in [-0.39, 0.29) is 19.3 Å². The summed E-state index contributed by atoms with van der Waals surface area (Å²) in [5.74, 6) is 0.804. The first-order chi connectivity index (χ1) is 6.35. The number of hydrogen-bond acceptors (Lipinski definition) is 2. The minimum Gasteiger partial charge on any atom is -0.395 e. The van der Waals surface area contributed by atoms with Crippen LogP contribution in [0, 0.1) is 5.92 Å². The summed E-state index contributed by atoms with van der Waals surface area (Å²) >= 11 is 0. The van der Waals surface area contributed by atoms with Gasteiger partial charge in [0.2, 0.25) is 0 Å². The molecule has 1 saturated heterocycles. The first-order valence-corrected chi connectivity index (χ1v) is 5.27. The summed E-state index contributed by atoms with van der Waals surface area (Å²) in [6.45, 7) is 0.438. The van der Waals surface area contributed by atoms with Crippen molar-refractivity contribution in [2.24, 2.45) is 5.92 Å². The van der Waals surface area contributed by atoms with Crippen LogP contribution in [0.15, 0.2) is 0 Å². The molecule has 13 heavy (non-hydrogen) atoms. The fraction of sp³-hybridized carbons (Fsp3) is 1.00. The summed E-state index contributed by atoms with van der Waals surface area (Å²) in [7, 11) is 0. The zero-order chi connectivity index (χ0) is 9.26. The van der Waals surface area contributed by atoms with Crippen LogP contribution >= 0.6 is 0 Å². The number of likely N-dealkylation sites (tertiary alicyclic amines) is 1. The first kappa shape index (κ1) is 9.41. The maximum Gasteiger partial charge on any atom is 0.102 e. The molecule has 1 saturated carbocycles. The summed E-state index contributed by atoms with van der Waals surface area (Å²) in [6, 6.07) is 0.800. The van der Waals surface area contributed by atoms with E-state index < -0.39 is 0 Å². The van der Waals surface area contributed by atoms with Gasteiger partial charge >= 0.3 is 0 Å². The third-order valence-electron chi connectivity index (χ3n) is 3.61. The van der Waals surface area contributed by atoms with Crippen molar-refractivity contribution in [1.82, 2.24) is 4.90 Å². The average Bonchev–Trinajstić information content (AvgIpc) is 2.54. The molecular weight excluding hydrogens is 169 g/mol. The van der Waals surface area contributed by atoms with Crippen LogP contribution in [0.1, 0.15) is 25.7 Å². The van der Waals surface area contributed by atoms with Crippen LogP contribution in [0.3, 0.4) is 0 Å². The van der Waals surface area contributed by atoms with Crippen LogP contribution in [0.4, 0.5) is 4.39 Å². The number of aliphatic hydroxyl groups excluding tert-OH is 1. The normalized spacial score (nSPS) is 39.7. The minimum atomic E-state index is -0.280. The maximum absolute atomic E-state index is 12.3. The van der Waals surface area contributed by atoms with Gasteiger partial charge in [0.15, 0.2) is 0 Å². The quantitative estimate of drug-likeness (QED) is 0.717. The van der Waals surface area contributed by atoms with Gasteiger partial charge in [0.1, 0.15) is 6.67 Å². The predicted octanol–water partition coefficient (Wildman–Crippen LogP) is 1.19.